The molecule has 1 aromatic rings. The molecule has 0 saturated heterocycles. The van der Waals surface area contributed by atoms with Crippen LogP contribution in [0.15, 0.2) is 9.85 Å². The van der Waals surface area contributed by atoms with Gasteiger partial charge in [0, 0.05) is 5.38 Å². The zero-order chi connectivity index (χ0) is 6.27. The predicted octanol–water partition coefficient (Wildman–Crippen LogP) is 2.24. The highest BCUT2D eigenvalue weighted by atomic mass is 79.9. The summed E-state index contributed by atoms with van der Waals surface area (Å²) in [6.45, 7) is 0.362. The number of hydrogen-bond acceptors (Lipinski definition) is 3. The van der Waals surface area contributed by atoms with Crippen molar-refractivity contribution in [3.63, 3.8) is 0 Å². The van der Waals surface area contributed by atoms with Crippen molar-refractivity contribution >= 4 is 27.3 Å². The number of rotatable bonds is 0. The van der Waals surface area contributed by atoms with E-state index in [9.17, 15) is 0 Å². The van der Waals surface area contributed by atoms with Gasteiger partial charge in [-0.05, 0) is 15.9 Å². The van der Waals surface area contributed by atoms with E-state index in [-0.39, 0.29) is 0 Å². The van der Waals surface area contributed by atoms with Gasteiger partial charge in [0.25, 0.3) is 0 Å². The van der Waals surface area contributed by atoms with Crippen molar-refractivity contribution in [3.8, 4) is 10.8 Å². The fraction of sp³-hybridized carbons (Fsp3) is 0.200. The second kappa shape index (κ2) is 1.88. The van der Waals surface area contributed by atoms with Crippen LogP contribution in [0.1, 0.15) is 0 Å². The lowest BCUT2D eigenvalue weighted by Crippen LogP contribution is -1.93. The van der Waals surface area contributed by atoms with Crippen molar-refractivity contribution in [3.05, 3.63) is 9.85 Å². The molecular weight excluding hydrogens is 204 g/mol. The van der Waals surface area contributed by atoms with Crippen LogP contribution in [-0.4, -0.2) is 6.79 Å². The van der Waals surface area contributed by atoms with E-state index >= 15 is 0 Å². The Morgan fingerprint density at radius 1 is 1.56 bits per heavy atom. The van der Waals surface area contributed by atoms with E-state index in [0.29, 0.717) is 6.79 Å². The fourth-order valence-corrected chi connectivity index (χ4v) is 2.09. The number of thiophene rings is 1. The van der Waals surface area contributed by atoms with Crippen molar-refractivity contribution in [2.45, 2.75) is 0 Å². The van der Waals surface area contributed by atoms with Gasteiger partial charge < -0.3 is 9.47 Å². The molecule has 0 spiro atoms. The Hall–Kier alpha value is -0.220. The molecule has 48 valence electrons. The van der Waals surface area contributed by atoms with Crippen LogP contribution in [0.3, 0.4) is 0 Å². The molecule has 9 heavy (non-hydrogen) atoms. The quantitative estimate of drug-likeness (QED) is 0.649. The van der Waals surface area contributed by atoms with E-state index < -0.39 is 0 Å². The van der Waals surface area contributed by atoms with Crippen LogP contribution in [-0.2, 0) is 0 Å². The van der Waals surface area contributed by atoms with Crippen LogP contribution in [0.2, 0.25) is 0 Å². The molecule has 2 heterocycles. The summed E-state index contributed by atoms with van der Waals surface area (Å²) in [6.07, 6.45) is 0. The first-order chi connectivity index (χ1) is 4.38. The van der Waals surface area contributed by atoms with Gasteiger partial charge in [-0.2, -0.15) is 0 Å². The summed E-state index contributed by atoms with van der Waals surface area (Å²) in [4.78, 5) is 0. The van der Waals surface area contributed by atoms with Crippen molar-refractivity contribution < 1.29 is 9.47 Å². The highest BCUT2D eigenvalue weighted by molar-refractivity contribution is 9.10. The molecule has 1 aliphatic heterocycles. The van der Waals surface area contributed by atoms with Crippen LogP contribution in [0.4, 0.5) is 0 Å². The zero-order valence-electron chi connectivity index (χ0n) is 4.39. The van der Waals surface area contributed by atoms with Crippen LogP contribution < -0.4 is 9.47 Å². The third kappa shape index (κ3) is 0.737. The molecule has 0 fully saturated rings. The number of hydrogen-bond donors (Lipinski definition) is 0. The molecule has 0 atom stereocenters. The highest BCUT2D eigenvalue weighted by Crippen LogP contribution is 2.44. The third-order valence-corrected chi connectivity index (χ3v) is 2.83. The lowest BCUT2D eigenvalue weighted by Gasteiger charge is -1.88. The first-order valence-electron chi connectivity index (χ1n) is 2.40. The Labute approximate surface area is 64.5 Å². The van der Waals surface area contributed by atoms with Gasteiger partial charge in [-0.15, -0.1) is 11.3 Å². The Morgan fingerprint density at radius 3 is 3.22 bits per heavy atom. The molecule has 1 aromatic heterocycles. The first kappa shape index (κ1) is 5.56. The summed E-state index contributed by atoms with van der Waals surface area (Å²) in [5.41, 5.74) is 0. The lowest BCUT2D eigenvalue weighted by molar-refractivity contribution is 0.175. The molecule has 0 radical (unpaired) electrons. The van der Waals surface area contributed by atoms with Gasteiger partial charge in [0.05, 0.1) is 4.47 Å². The molecule has 0 N–H and O–H groups in total. The molecule has 0 unspecified atom stereocenters. The Balaban J connectivity index is 2.56. The lowest BCUT2D eigenvalue weighted by atomic mass is 10.6. The molecule has 0 bridgehead atoms. The van der Waals surface area contributed by atoms with Gasteiger partial charge in [-0.1, -0.05) is 0 Å². The van der Waals surface area contributed by atoms with Crippen LogP contribution in [0.5, 0.6) is 10.8 Å². The summed E-state index contributed by atoms with van der Waals surface area (Å²) >= 11 is 4.87. The Morgan fingerprint density at radius 2 is 2.44 bits per heavy atom. The maximum absolute atomic E-state index is 5.11. The average Bonchev–Trinajstić information content (AvgIpc) is 2.35. The zero-order valence-corrected chi connectivity index (χ0v) is 6.79. The topological polar surface area (TPSA) is 18.5 Å². The molecule has 0 saturated carbocycles. The van der Waals surface area contributed by atoms with Gasteiger partial charge >= 0.3 is 0 Å². The summed E-state index contributed by atoms with van der Waals surface area (Å²) < 4.78 is 11.2. The first-order valence-corrected chi connectivity index (χ1v) is 4.08. The summed E-state index contributed by atoms with van der Waals surface area (Å²) in [7, 11) is 0. The van der Waals surface area contributed by atoms with Crippen LogP contribution in [0.25, 0.3) is 0 Å². The molecule has 0 aliphatic carbocycles. The summed E-state index contributed by atoms with van der Waals surface area (Å²) in [5, 5.41) is 2.82. The molecule has 0 aromatic carbocycles. The van der Waals surface area contributed by atoms with Gasteiger partial charge in [0.2, 0.25) is 11.9 Å². The minimum absolute atomic E-state index is 0.362. The number of ether oxygens (including phenoxy) is 2. The molecular formula is C5H3BrO2S. The van der Waals surface area contributed by atoms with E-state index in [2.05, 4.69) is 15.9 Å². The standard InChI is InChI=1S/C5H3BrO2S/c6-3-1-9-5-4(3)7-2-8-5/h1H,2H2. The van der Waals surface area contributed by atoms with Crippen molar-refractivity contribution in [2.75, 3.05) is 6.79 Å². The van der Waals surface area contributed by atoms with Gasteiger partial charge in [0.15, 0.2) is 5.75 Å². The Bertz CT molecular complexity index is 233. The second-order valence-electron chi connectivity index (χ2n) is 1.61. The number of fused-ring (bicyclic) bond motifs is 1. The molecule has 2 nitrogen and oxygen atoms in total. The fourth-order valence-electron chi connectivity index (χ4n) is 0.679. The average molecular weight is 207 g/mol. The normalized spacial score (nSPS) is 14.3. The van der Waals surface area contributed by atoms with E-state index in [1.165, 1.54) is 0 Å². The number of halogens is 1. The predicted molar refractivity (Wildman–Crippen MR) is 38.1 cm³/mol. The van der Waals surface area contributed by atoms with Crippen LogP contribution in [0, 0.1) is 0 Å². The highest BCUT2D eigenvalue weighted by Gasteiger charge is 2.18. The third-order valence-electron chi connectivity index (χ3n) is 1.07. The minimum Gasteiger partial charge on any atom is -0.451 e. The smallest absolute Gasteiger partial charge is 0.232 e. The van der Waals surface area contributed by atoms with Crippen molar-refractivity contribution in [2.24, 2.45) is 0 Å². The summed E-state index contributed by atoms with van der Waals surface area (Å²) in [5.74, 6) is 0.847. The minimum atomic E-state index is 0.362. The molecule has 0 amide bonds. The maximum atomic E-state index is 5.11. The molecule has 2 rings (SSSR count). The van der Waals surface area contributed by atoms with E-state index in [4.69, 9.17) is 9.47 Å². The van der Waals surface area contributed by atoms with Gasteiger partial charge in [-0.25, -0.2) is 0 Å². The van der Waals surface area contributed by atoms with E-state index in [1.807, 2.05) is 5.38 Å². The molecule has 4 heteroatoms. The second-order valence-corrected chi connectivity index (χ2v) is 3.30. The molecule has 1 aliphatic rings. The van der Waals surface area contributed by atoms with Crippen molar-refractivity contribution in [1.29, 1.82) is 0 Å². The van der Waals surface area contributed by atoms with Gasteiger partial charge in [-0.3, -0.25) is 0 Å². The summed E-state index contributed by atoms with van der Waals surface area (Å²) in [6, 6.07) is 0. The van der Waals surface area contributed by atoms with E-state index in [1.54, 1.807) is 11.3 Å². The largest absolute Gasteiger partial charge is 0.451 e. The maximum Gasteiger partial charge on any atom is 0.232 e. The van der Waals surface area contributed by atoms with E-state index in [0.717, 1.165) is 15.3 Å². The SMILES string of the molecule is Brc1csc2c1OCO2. The monoisotopic (exact) mass is 206 g/mol. The van der Waals surface area contributed by atoms with Crippen LogP contribution >= 0.6 is 27.3 Å². The van der Waals surface area contributed by atoms with Crippen molar-refractivity contribution in [1.82, 2.24) is 0 Å². The Kier molecular flexibility index (Phi) is 1.16. The van der Waals surface area contributed by atoms with Gasteiger partial charge in [0.1, 0.15) is 0 Å².